The molecular weight excluding hydrogens is 360 g/mol. The molecule has 0 spiro atoms. The van der Waals surface area contributed by atoms with E-state index < -0.39 is 0 Å². The molecule has 3 rings (SSSR count). The number of benzene rings is 2. The second-order valence-corrected chi connectivity index (χ2v) is 6.95. The summed E-state index contributed by atoms with van der Waals surface area (Å²) in [7, 11) is 1.67. The van der Waals surface area contributed by atoms with Gasteiger partial charge in [-0.15, -0.1) is 12.4 Å². The quantitative estimate of drug-likeness (QED) is 0.810. The first-order valence-corrected chi connectivity index (χ1v) is 9.43. The van der Waals surface area contributed by atoms with Crippen LogP contribution >= 0.6 is 12.4 Å². The summed E-state index contributed by atoms with van der Waals surface area (Å²) in [5, 5.41) is 0. The molecular formula is C22H29ClN2O2. The molecule has 5 heteroatoms. The van der Waals surface area contributed by atoms with Crippen LogP contribution in [0.3, 0.4) is 0 Å². The highest BCUT2D eigenvalue weighted by Gasteiger charge is 2.27. The summed E-state index contributed by atoms with van der Waals surface area (Å²) in [4.78, 5) is 15.1. The minimum absolute atomic E-state index is 0. The normalized spacial score (nSPS) is 18.1. The lowest BCUT2D eigenvalue weighted by Gasteiger charge is -2.31. The lowest BCUT2D eigenvalue weighted by atomic mass is 9.99. The third-order valence-electron chi connectivity index (χ3n) is 5.20. The smallest absolute Gasteiger partial charge is 0.224 e. The summed E-state index contributed by atoms with van der Waals surface area (Å²) < 4.78 is 5.26. The van der Waals surface area contributed by atoms with E-state index in [2.05, 4.69) is 12.1 Å². The topological polar surface area (TPSA) is 55.6 Å². The molecule has 0 saturated carbocycles. The Morgan fingerprint density at radius 1 is 1.11 bits per heavy atom. The van der Waals surface area contributed by atoms with Crippen LogP contribution in [0, 0.1) is 0 Å². The molecule has 2 aromatic carbocycles. The van der Waals surface area contributed by atoms with E-state index in [1.54, 1.807) is 7.11 Å². The highest BCUT2D eigenvalue weighted by Crippen LogP contribution is 2.32. The van der Waals surface area contributed by atoms with Gasteiger partial charge in [-0.3, -0.25) is 4.79 Å². The average Bonchev–Trinajstić information content (AvgIpc) is 2.95. The Morgan fingerprint density at radius 3 is 2.48 bits per heavy atom. The molecule has 1 aliphatic rings. The molecule has 2 atom stereocenters. The van der Waals surface area contributed by atoms with Gasteiger partial charge in [0.25, 0.3) is 0 Å². The van der Waals surface area contributed by atoms with E-state index in [9.17, 15) is 4.79 Å². The second kappa shape index (κ2) is 10.3. The number of hydrogen-bond acceptors (Lipinski definition) is 3. The van der Waals surface area contributed by atoms with Crippen molar-refractivity contribution in [3.8, 4) is 5.75 Å². The monoisotopic (exact) mass is 388 g/mol. The first kappa shape index (κ1) is 21.3. The molecule has 0 aliphatic carbocycles. The van der Waals surface area contributed by atoms with E-state index in [1.807, 2.05) is 47.4 Å². The Labute approximate surface area is 168 Å². The molecule has 27 heavy (non-hydrogen) atoms. The number of methoxy groups -OCH3 is 1. The highest BCUT2D eigenvalue weighted by molar-refractivity contribution is 5.85. The number of nitrogens with two attached hydrogens (primary N) is 1. The molecule has 1 amide bonds. The predicted molar refractivity (Wildman–Crippen MR) is 111 cm³/mol. The second-order valence-electron chi connectivity index (χ2n) is 6.95. The van der Waals surface area contributed by atoms with Gasteiger partial charge in [0.2, 0.25) is 5.91 Å². The van der Waals surface area contributed by atoms with Crippen LogP contribution in [-0.2, 0) is 4.79 Å². The van der Waals surface area contributed by atoms with Gasteiger partial charge in [-0.25, -0.2) is 0 Å². The molecule has 0 radical (unpaired) electrons. The number of halogens is 1. The number of rotatable bonds is 5. The fourth-order valence-corrected chi connectivity index (χ4v) is 3.70. The Hall–Kier alpha value is -2.04. The van der Waals surface area contributed by atoms with Crippen LogP contribution in [-0.4, -0.2) is 24.5 Å². The summed E-state index contributed by atoms with van der Waals surface area (Å²) in [6, 6.07) is 17.8. The van der Waals surface area contributed by atoms with Gasteiger partial charge in [-0.1, -0.05) is 55.3 Å². The van der Waals surface area contributed by atoms with Crippen LogP contribution in [0.25, 0.3) is 0 Å². The molecule has 1 fully saturated rings. The number of nitrogens with zero attached hydrogens (tertiary/aromatic N) is 1. The van der Waals surface area contributed by atoms with Gasteiger partial charge in [0.1, 0.15) is 5.75 Å². The average molecular weight is 389 g/mol. The standard InChI is InChI=1S/C22H28N2O2.ClH/c1-26-19-13-11-18(12-14-19)21-10-6-3-7-15-24(21)22(25)16-20(23)17-8-4-2-5-9-17;/h2,4-5,8-9,11-14,20-21H,3,6-7,10,15-16,23H2,1H3;1H. The van der Waals surface area contributed by atoms with Crippen molar-refractivity contribution < 1.29 is 9.53 Å². The van der Waals surface area contributed by atoms with Gasteiger partial charge in [0, 0.05) is 19.0 Å². The van der Waals surface area contributed by atoms with Crippen LogP contribution in [0.1, 0.15) is 55.3 Å². The van der Waals surface area contributed by atoms with Gasteiger partial charge in [-0.2, -0.15) is 0 Å². The Morgan fingerprint density at radius 2 is 1.81 bits per heavy atom. The van der Waals surface area contributed by atoms with Crippen molar-refractivity contribution in [3.05, 3.63) is 65.7 Å². The Bertz CT molecular complexity index is 706. The summed E-state index contributed by atoms with van der Waals surface area (Å²) in [6.45, 7) is 0.803. The SMILES string of the molecule is COc1ccc(C2CCCCCN2C(=O)CC(N)c2ccccc2)cc1.Cl. The van der Waals surface area contributed by atoms with E-state index in [4.69, 9.17) is 10.5 Å². The fourth-order valence-electron chi connectivity index (χ4n) is 3.70. The predicted octanol–water partition coefficient (Wildman–Crippen LogP) is 4.65. The Kier molecular flexibility index (Phi) is 8.14. The maximum atomic E-state index is 13.1. The minimum Gasteiger partial charge on any atom is -0.497 e. The maximum Gasteiger partial charge on any atom is 0.224 e. The van der Waals surface area contributed by atoms with Crippen LogP contribution in [0.2, 0.25) is 0 Å². The summed E-state index contributed by atoms with van der Waals surface area (Å²) in [6.07, 6.45) is 4.71. The van der Waals surface area contributed by atoms with Crippen molar-refractivity contribution in [2.45, 2.75) is 44.2 Å². The number of amides is 1. The van der Waals surface area contributed by atoms with Crippen LogP contribution in [0.5, 0.6) is 5.75 Å². The van der Waals surface area contributed by atoms with E-state index >= 15 is 0 Å². The molecule has 2 unspecified atom stereocenters. The van der Waals surface area contributed by atoms with Crippen molar-refractivity contribution in [1.29, 1.82) is 0 Å². The number of ether oxygens (including phenoxy) is 1. The number of carbonyl (C=O) groups is 1. The van der Waals surface area contributed by atoms with E-state index in [-0.39, 0.29) is 30.4 Å². The zero-order valence-corrected chi connectivity index (χ0v) is 16.7. The van der Waals surface area contributed by atoms with E-state index in [0.29, 0.717) is 6.42 Å². The number of hydrogen-bond donors (Lipinski definition) is 1. The lowest BCUT2D eigenvalue weighted by molar-refractivity contribution is -0.134. The molecule has 0 aromatic heterocycles. The molecule has 1 aliphatic heterocycles. The number of carbonyl (C=O) groups excluding carboxylic acids is 1. The van der Waals surface area contributed by atoms with E-state index in [1.165, 1.54) is 12.0 Å². The van der Waals surface area contributed by atoms with Crippen LogP contribution < -0.4 is 10.5 Å². The minimum atomic E-state index is -0.261. The van der Waals surface area contributed by atoms with Gasteiger partial charge in [0.05, 0.1) is 13.2 Å². The largest absolute Gasteiger partial charge is 0.497 e. The molecule has 146 valence electrons. The van der Waals surface area contributed by atoms with Crippen LogP contribution in [0.15, 0.2) is 54.6 Å². The maximum absolute atomic E-state index is 13.1. The van der Waals surface area contributed by atoms with Crippen molar-refractivity contribution >= 4 is 18.3 Å². The molecule has 0 bridgehead atoms. The highest BCUT2D eigenvalue weighted by atomic mass is 35.5. The van der Waals surface area contributed by atoms with Gasteiger partial charge in [-0.05, 0) is 36.1 Å². The van der Waals surface area contributed by atoms with Crippen molar-refractivity contribution in [1.82, 2.24) is 4.90 Å². The third-order valence-corrected chi connectivity index (χ3v) is 5.20. The summed E-state index contributed by atoms with van der Waals surface area (Å²) in [5.41, 5.74) is 8.49. The van der Waals surface area contributed by atoms with Crippen molar-refractivity contribution in [3.63, 3.8) is 0 Å². The third kappa shape index (κ3) is 5.47. The zero-order chi connectivity index (χ0) is 18.4. The first-order chi connectivity index (χ1) is 12.7. The summed E-state index contributed by atoms with van der Waals surface area (Å²) >= 11 is 0. The molecule has 2 N–H and O–H groups in total. The molecule has 2 aromatic rings. The van der Waals surface area contributed by atoms with Crippen molar-refractivity contribution in [2.24, 2.45) is 5.73 Å². The first-order valence-electron chi connectivity index (χ1n) is 9.43. The zero-order valence-electron chi connectivity index (χ0n) is 15.8. The summed E-state index contributed by atoms with van der Waals surface area (Å²) in [5.74, 6) is 0.982. The Balaban J connectivity index is 0.00000261. The van der Waals surface area contributed by atoms with E-state index in [0.717, 1.165) is 37.1 Å². The molecule has 1 saturated heterocycles. The lowest BCUT2D eigenvalue weighted by Crippen LogP contribution is -2.36. The van der Waals surface area contributed by atoms with Gasteiger partial charge in [0.15, 0.2) is 0 Å². The number of likely N-dealkylation sites (tertiary alicyclic amines) is 1. The van der Waals surface area contributed by atoms with Gasteiger partial charge >= 0.3 is 0 Å². The van der Waals surface area contributed by atoms with Crippen molar-refractivity contribution in [2.75, 3.05) is 13.7 Å². The molecule has 4 nitrogen and oxygen atoms in total. The fraction of sp³-hybridized carbons (Fsp3) is 0.409. The van der Waals surface area contributed by atoms with Crippen LogP contribution in [0.4, 0.5) is 0 Å². The molecule has 1 heterocycles. The van der Waals surface area contributed by atoms with Gasteiger partial charge < -0.3 is 15.4 Å².